The molecule has 0 spiro atoms. The van der Waals surface area contributed by atoms with Crippen molar-refractivity contribution in [3.05, 3.63) is 28.8 Å². The number of likely N-dealkylation sites (tertiary alicyclic amines) is 1. The maximum absolute atomic E-state index is 11.4. The van der Waals surface area contributed by atoms with Crippen LogP contribution in [0.3, 0.4) is 0 Å². The molecule has 0 bridgehead atoms. The van der Waals surface area contributed by atoms with Crippen LogP contribution in [0.1, 0.15) is 18.4 Å². The fourth-order valence-electron chi connectivity index (χ4n) is 2.26. The van der Waals surface area contributed by atoms with E-state index in [1.54, 1.807) is 12.0 Å². The van der Waals surface area contributed by atoms with E-state index in [-0.39, 0.29) is 5.91 Å². The molecule has 5 heteroatoms. The molecule has 1 aliphatic rings. The van der Waals surface area contributed by atoms with Crippen LogP contribution in [0.25, 0.3) is 0 Å². The molecule has 1 aromatic rings. The van der Waals surface area contributed by atoms with Gasteiger partial charge in [-0.1, -0.05) is 17.7 Å². The number of benzene rings is 1. The smallest absolute Gasteiger partial charge is 0.222 e. The van der Waals surface area contributed by atoms with Gasteiger partial charge >= 0.3 is 0 Å². The van der Waals surface area contributed by atoms with Gasteiger partial charge in [0.05, 0.1) is 12.1 Å². The lowest BCUT2D eigenvalue weighted by Crippen LogP contribution is -2.46. The molecule has 1 fully saturated rings. The van der Waals surface area contributed by atoms with E-state index < -0.39 is 0 Å². The maximum atomic E-state index is 11.4. The third kappa shape index (κ3) is 3.61. The van der Waals surface area contributed by atoms with Crippen molar-refractivity contribution in [1.82, 2.24) is 10.2 Å². The maximum Gasteiger partial charge on any atom is 0.222 e. The van der Waals surface area contributed by atoms with Crippen molar-refractivity contribution in [2.75, 3.05) is 20.7 Å². The summed E-state index contributed by atoms with van der Waals surface area (Å²) in [5.74, 6) is 0.916. The second kappa shape index (κ2) is 6.26. The number of nitrogens with one attached hydrogen (secondary N) is 1. The van der Waals surface area contributed by atoms with Gasteiger partial charge < -0.3 is 15.0 Å². The van der Waals surface area contributed by atoms with Gasteiger partial charge in [0.15, 0.2) is 0 Å². The SMILES string of the molecule is COc1ccc(CNC2CCC(=O)N(C)C2)cc1Cl. The Kier molecular flexibility index (Phi) is 4.66. The van der Waals surface area contributed by atoms with E-state index >= 15 is 0 Å². The molecule has 0 radical (unpaired) electrons. The molecule has 1 unspecified atom stereocenters. The molecule has 1 atom stereocenters. The van der Waals surface area contributed by atoms with Crippen molar-refractivity contribution in [2.24, 2.45) is 0 Å². The number of methoxy groups -OCH3 is 1. The molecule has 2 rings (SSSR count). The van der Waals surface area contributed by atoms with Gasteiger partial charge in [0.25, 0.3) is 0 Å². The molecule has 0 aromatic heterocycles. The number of ether oxygens (including phenoxy) is 1. The van der Waals surface area contributed by atoms with Crippen LogP contribution in [0.5, 0.6) is 5.75 Å². The predicted molar refractivity (Wildman–Crippen MR) is 75.5 cm³/mol. The zero-order valence-electron chi connectivity index (χ0n) is 11.3. The number of carbonyl (C=O) groups excluding carboxylic acids is 1. The van der Waals surface area contributed by atoms with E-state index in [2.05, 4.69) is 5.32 Å². The second-order valence-corrected chi connectivity index (χ2v) is 5.27. The summed E-state index contributed by atoms with van der Waals surface area (Å²) in [5, 5.41) is 4.08. The highest BCUT2D eigenvalue weighted by Crippen LogP contribution is 2.25. The van der Waals surface area contributed by atoms with E-state index in [9.17, 15) is 4.79 Å². The Morgan fingerprint density at radius 2 is 2.32 bits per heavy atom. The molecule has 104 valence electrons. The Balaban J connectivity index is 1.89. The van der Waals surface area contributed by atoms with Crippen LogP contribution in [0.4, 0.5) is 0 Å². The first-order valence-corrected chi connectivity index (χ1v) is 6.77. The summed E-state index contributed by atoms with van der Waals surface area (Å²) in [5.41, 5.74) is 1.12. The number of likely N-dealkylation sites (N-methyl/N-ethyl adjacent to an activating group) is 1. The van der Waals surface area contributed by atoms with Gasteiger partial charge in [-0.3, -0.25) is 4.79 Å². The summed E-state index contributed by atoms with van der Waals surface area (Å²) in [6.45, 7) is 1.51. The summed E-state index contributed by atoms with van der Waals surface area (Å²) >= 11 is 6.09. The first kappa shape index (κ1) is 14.2. The standard InChI is InChI=1S/C14H19ClN2O2/c1-17-9-11(4-6-14(17)18)16-8-10-3-5-13(19-2)12(15)7-10/h3,5,7,11,16H,4,6,8-9H2,1-2H3. The van der Waals surface area contributed by atoms with Gasteiger partial charge in [-0.2, -0.15) is 0 Å². The molecule has 19 heavy (non-hydrogen) atoms. The molecule has 0 saturated carbocycles. The van der Waals surface area contributed by atoms with Crippen LogP contribution in [-0.4, -0.2) is 37.6 Å². The zero-order chi connectivity index (χ0) is 13.8. The molecule has 0 aliphatic carbocycles. The summed E-state index contributed by atoms with van der Waals surface area (Å²) in [6.07, 6.45) is 1.52. The molecule has 1 aromatic carbocycles. The van der Waals surface area contributed by atoms with Crippen molar-refractivity contribution in [1.29, 1.82) is 0 Å². The molecule has 1 heterocycles. The minimum Gasteiger partial charge on any atom is -0.495 e. The minimum atomic E-state index is 0.227. The third-order valence-corrected chi connectivity index (χ3v) is 3.73. The average molecular weight is 283 g/mol. The largest absolute Gasteiger partial charge is 0.495 e. The topological polar surface area (TPSA) is 41.6 Å². The number of piperidine rings is 1. The van der Waals surface area contributed by atoms with E-state index in [4.69, 9.17) is 16.3 Å². The number of amides is 1. The lowest BCUT2D eigenvalue weighted by molar-refractivity contribution is -0.132. The van der Waals surface area contributed by atoms with Crippen LogP contribution < -0.4 is 10.1 Å². The molecular formula is C14H19ClN2O2. The highest BCUT2D eigenvalue weighted by atomic mass is 35.5. The van der Waals surface area contributed by atoms with Crippen molar-refractivity contribution in [3.63, 3.8) is 0 Å². The van der Waals surface area contributed by atoms with Gasteiger partial charge in [-0.05, 0) is 24.1 Å². The Morgan fingerprint density at radius 3 is 2.95 bits per heavy atom. The highest BCUT2D eigenvalue weighted by molar-refractivity contribution is 6.32. The van der Waals surface area contributed by atoms with Crippen LogP contribution in [0.2, 0.25) is 5.02 Å². The molecule has 1 N–H and O–H groups in total. The summed E-state index contributed by atoms with van der Waals surface area (Å²) < 4.78 is 5.12. The van der Waals surface area contributed by atoms with Gasteiger partial charge in [-0.15, -0.1) is 0 Å². The molecular weight excluding hydrogens is 264 g/mol. The fraction of sp³-hybridized carbons (Fsp3) is 0.500. The van der Waals surface area contributed by atoms with Gasteiger partial charge in [0.1, 0.15) is 5.75 Å². The number of nitrogens with zero attached hydrogens (tertiary/aromatic N) is 1. The van der Waals surface area contributed by atoms with Crippen molar-refractivity contribution in [3.8, 4) is 5.75 Å². The van der Waals surface area contributed by atoms with Crippen LogP contribution in [-0.2, 0) is 11.3 Å². The number of hydrogen-bond donors (Lipinski definition) is 1. The van der Waals surface area contributed by atoms with E-state index in [0.717, 1.165) is 25.1 Å². The Bertz CT molecular complexity index is 465. The molecule has 1 amide bonds. The quantitative estimate of drug-likeness (QED) is 0.919. The summed E-state index contributed by atoms with van der Waals surface area (Å²) in [4.78, 5) is 13.2. The van der Waals surface area contributed by atoms with Crippen LogP contribution in [0, 0.1) is 0 Å². The van der Waals surface area contributed by atoms with Crippen LogP contribution >= 0.6 is 11.6 Å². The zero-order valence-corrected chi connectivity index (χ0v) is 12.0. The van der Waals surface area contributed by atoms with Crippen molar-refractivity contribution < 1.29 is 9.53 Å². The van der Waals surface area contributed by atoms with Gasteiger partial charge in [-0.25, -0.2) is 0 Å². The van der Waals surface area contributed by atoms with Crippen LogP contribution in [0.15, 0.2) is 18.2 Å². The van der Waals surface area contributed by atoms with Crippen molar-refractivity contribution in [2.45, 2.75) is 25.4 Å². The summed E-state index contributed by atoms with van der Waals surface area (Å²) in [7, 11) is 3.45. The van der Waals surface area contributed by atoms with E-state index in [1.165, 1.54) is 0 Å². The fourth-order valence-corrected chi connectivity index (χ4v) is 2.54. The Labute approximate surface area is 118 Å². The number of rotatable bonds is 4. The lowest BCUT2D eigenvalue weighted by atomic mass is 10.1. The number of carbonyl (C=O) groups is 1. The molecule has 1 aliphatic heterocycles. The average Bonchev–Trinajstić information content (AvgIpc) is 2.40. The lowest BCUT2D eigenvalue weighted by Gasteiger charge is -2.30. The monoisotopic (exact) mass is 282 g/mol. The normalized spacial score (nSPS) is 19.6. The Morgan fingerprint density at radius 1 is 1.53 bits per heavy atom. The second-order valence-electron chi connectivity index (χ2n) is 4.86. The third-order valence-electron chi connectivity index (χ3n) is 3.44. The number of hydrogen-bond acceptors (Lipinski definition) is 3. The summed E-state index contributed by atoms with van der Waals surface area (Å²) in [6, 6.07) is 6.12. The van der Waals surface area contributed by atoms with Crippen molar-refractivity contribution >= 4 is 17.5 Å². The molecule has 1 saturated heterocycles. The Hall–Kier alpha value is -1.26. The van der Waals surface area contributed by atoms with Gasteiger partial charge in [0.2, 0.25) is 5.91 Å². The predicted octanol–water partition coefficient (Wildman–Crippen LogP) is 2.06. The highest BCUT2D eigenvalue weighted by Gasteiger charge is 2.22. The number of halogens is 1. The first-order valence-electron chi connectivity index (χ1n) is 6.40. The minimum absolute atomic E-state index is 0.227. The van der Waals surface area contributed by atoms with E-state index in [1.807, 2.05) is 25.2 Å². The van der Waals surface area contributed by atoms with Gasteiger partial charge in [0, 0.05) is 32.6 Å². The van der Waals surface area contributed by atoms with E-state index in [0.29, 0.717) is 23.2 Å². The molecule has 4 nitrogen and oxygen atoms in total. The first-order chi connectivity index (χ1) is 9.10.